The van der Waals surface area contributed by atoms with Gasteiger partial charge >= 0.3 is 88.7 Å². The Morgan fingerprint density at radius 2 is 0.610 bits per heavy atom. The lowest BCUT2D eigenvalue weighted by molar-refractivity contribution is -0.315. The zero-order valence-electron chi connectivity index (χ0n) is 17.6. The highest BCUT2D eigenvalue weighted by Crippen LogP contribution is 2.55. The quantitative estimate of drug-likeness (QED) is 0.344. The zero-order chi connectivity index (χ0) is 33.1. The molecule has 0 bridgehead atoms. The van der Waals surface area contributed by atoms with E-state index in [1.807, 2.05) is 0 Å². The summed E-state index contributed by atoms with van der Waals surface area (Å²) >= 11 is 0. The van der Waals surface area contributed by atoms with Gasteiger partial charge in [-0.05, 0) is 0 Å². The number of piperidine rings is 2. The number of hydrogen-bond acceptors (Lipinski definition) is 6. The van der Waals surface area contributed by atoms with Crippen LogP contribution in [-0.2, 0) is 28.8 Å². The first-order chi connectivity index (χ1) is 17.7. The molecule has 0 N–H and O–H groups in total. The van der Waals surface area contributed by atoms with Crippen LogP contribution in [0.5, 0.6) is 0 Å². The smallest absolute Gasteiger partial charge is 0.267 e. The topological polar surface area (TPSA) is 109 Å². The Kier molecular flexibility index (Phi) is 6.73. The number of amides is 6. The van der Waals surface area contributed by atoms with Crippen LogP contribution in [0.4, 0.5) is 79.0 Å². The molecule has 6 amide bonds. The monoisotopic (exact) mass is 646 g/mol. The van der Waals surface area contributed by atoms with E-state index in [2.05, 4.69) is 0 Å². The fraction of sp³-hybridized carbons (Fsp3) is 0.600. The van der Waals surface area contributed by atoms with Crippen LogP contribution in [0.2, 0.25) is 0 Å². The lowest BCUT2D eigenvalue weighted by Gasteiger charge is -2.42. The van der Waals surface area contributed by atoms with Crippen molar-refractivity contribution >= 4 is 35.4 Å². The van der Waals surface area contributed by atoms with Gasteiger partial charge in [-0.15, -0.1) is 0 Å². The highest BCUT2D eigenvalue weighted by molar-refractivity contribution is 6.21. The van der Waals surface area contributed by atoms with Gasteiger partial charge in [-0.3, -0.25) is 28.8 Å². The maximum absolute atomic E-state index is 14.1. The van der Waals surface area contributed by atoms with Crippen LogP contribution in [0.3, 0.4) is 0 Å². The highest BCUT2D eigenvalue weighted by atomic mass is 19.4. The van der Waals surface area contributed by atoms with Gasteiger partial charge in [0.15, 0.2) is 0 Å². The molecule has 0 atom stereocenters. The molecule has 26 heteroatoms. The molecule has 0 unspecified atom stereocenters. The summed E-state index contributed by atoms with van der Waals surface area (Å²) in [6, 6.07) is 0. The second-order valence-electron chi connectivity index (χ2n) is 7.67. The fourth-order valence-electron chi connectivity index (χ4n) is 2.79. The molecule has 8 nitrogen and oxygen atoms in total. The molecule has 2 fully saturated rings. The third-order valence-corrected chi connectivity index (χ3v) is 5.20. The molecule has 2 aliphatic rings. The summed E-state index contributed by atoms with van der Waals surface area (Å²) in [7, 11) is 0. The van der Waals surface area contributed by atoms with Crippen molar-refractivity contribution in [2.24, 2.45) is 0 Å². The summed E-state index contributed by atoms with van der Waals surface area (Å²) in [5, 5.41) is 0. The normalized spacial score (nSPS) is 25.3. The minimum atomic E-state index is -8.26. The number of hydrogen-bond donors (Lipinski definition) is 0. The number of carbonyl (C=O) groups is 6. The van der Waals surface area contributed by atoms with Crippen LogP contribution < -0.4 is 0 Å². The first-order valence-corrected chi connectivity index (χ1v) is 8.97. The predicted octanol–water partition coefficient (Wildman–Crippen LogP) is 2.49. The summed E-state index contributed by atoms with van der Waals surface area (Å²) in [6.45, 7) is 0. The van der Waals surface area contributed by atoms with Gasteiger partial charge in [0.25, 0.3) is 0 Å². The number of imide groups is 6. The lowest BCUT2D eigenvalue weighted by atomic mass is 9.93. The molecule has 2 saturated heterocycles. The third-order valence-electron chi connectivity index (χ3n) is 5.20. The molecular formula is C15F18N2O6. The Balaban J connectivity index is 2.67. The van der Waals surface area contributed by atoms with E-state index < -0.39 is 98.5 Å². The van der Waals surface area contributed by atoms with Crippen molar-refractivity contribution in [3.05, 3.63) is 0 Å². The van der Waals surface area contributed by atoms with Crippen molar-refractivity contribution in [1.29, 1.82) is 0 Å². The zero-order valence-corrected chi connectivity index (χ0v) is 17.6. The van der Waals surface area contributed by atoms with Crippen molar-refractivity contribution in [2.45, 2.75) is 53.3 Å². The third kappa shape index (κ3) is 3.52. The molecule has 0 aromatic rings. The Morgan fingerprint density at radius 3 is 0.780 bits per heavy atom. The van der Waals surface area contributed by atoms with Gasteiger partial charge in [0.2, 0.25) is 0 Å². The van der Waals surface area contributed by atoms with Crippen molar-refractivity contribution in [3.63, 3.8) is 0 Å². The number of likely N-dealkylation sites (tertiary alicyclic amines) is 2. The molecule has 0 spiro atoms. The molecule has 0 radical (unpaired) electrons. The minimum Gasteiger partial charge on any atom is -0.267 e. The van der Waals surface area contributed by atoms with Crippen molar-refractivity contribution in [2.75, 3.05) is 0 Å². The van der Waals surface area contributed by atoms with Crippen LogP contribution in [0.25, 0.3) is 0 Å². The predicted molar refractivity (Wildman–Crippen MR) is 78.2 cm³/mol. The van der Waals surface area contributed by atoms with E-state index in [1.54, 1.807) is 0 Å². The molecule has 0 aromatic heterocycles. The summed E-state index contributed by atoms with van der Waals surface area (Å²) in [6.07, 6.45) is 0. The lowest BCUT2D eigenvalue weighted by Crippen LogP contribution is -2.78. The van der Waals surface area contributed by atoms with Gasteiger partial charge in [0.05, 0.1) is 0 Å². The summed E-state index contributed by atoms with van der Waals surface area (Å²) in [4.78, 5) is 61.9. The van der Waals surface area contributed by atoms with Gasteiger partial charge in [0.1, 0.15) is 0 Å². The number of halogens is 18. The maximum Gasteiger partial charge on any atom is 0.394 e. The standard InChI is InChI=1S/C15F18N2O6/c16-7(17)1(36)34(2(37)8(18,19)13(7,28)29)5(40)11(24,25)15(32,33)12(26,27)6(41)35-3(38)9(20,21)14(30,31)10(22,23)4(35)39. The minimum absolute atomic E-state index is 3.11. The van der Waals surface area contributed by atoms with Gasteiger partial charge < -0.3 is 0 Å². The van der Waals surface area contributed by atoms with Crippen LogP contribution >= 0.6 is 0 Å². The van der Waals surface area contributed by atoms with Gasteiger partial charge in [-0.25, -0.2) is 9.80 Å². The molecule has 41 heavy (non-hydrogen) atoms. The molecule has 0 aliphatic carbocycles. The molecule has 0 aromatic carbocycles. The van der Waals surface area contributed by atoms with Crippen LogP contribution in [0.1, 0.15) is 0 Å². The van der Waals surface area contributed by atoms with Gasteiger partial charge in [0, 0.05) is 0 Å². The summed E-state index contributed by atoms with van der Waals surface area (Å²) in [5.74, 6) is -95.0. The first-order valence-electron chi connectivity index (χ1n) is 8.97. The summed E-state index contributed by atoms with van der Waals surface area (Å²) < 4.78 is 244. The first kappa shape index (κ1) is 33.6. The van der Waals surface area contributed by atoms with Crippen molar-refractivity contribution in [1.82, 2.24) is 9.80 Å². The average Bonchev–Trinajstić information content (AvgIpc) is 2.81. The Hall–Kier alpha value is -3.64. The van der Waals surface area contributed by atoms with Gasteiger partial charge in [-0.1, -0.05) is 0 Å². The van der Waals surface area contributed by atoms with Crippen molar-refractivity contribution in [3.8, 4) is 0 Å². The Bertz CT molecular complexity index is 1120. The SMILES string of the molecule is O=C1N(C(=O)C(F)(F)C(F)(F)C(F)(F)C(=O)N2C(=O)C(F)(F)C(F)(F)C(F)(F)C2=O)C(=O)C(F)(F)C(F)(F)C1(F)F. The molecule has 2 rings (SSSR count). The van der Waals surface area contributed by atoms with E-state index in [-0.39, 0.29) is 0 Å². The second kappa shape index (κ2) is 8.22. The second-order valence-corrected chi connectivity index (χ2v) is 7.67. The fourth-order valence-corrected chi connectivity index (χ4v) is 2.79. The molecule has 0 saturated carbocycles. The molecule has 2 aliphatic heterocycles. The van der Waals surface area contributed by atoms with Crippen LogP contribution in [-0.4, -0.2) is 98.5 Å². The number of nitrogens with zero attached hydrogens (tertiary/aromatic N) is 2. The van der Waals surface area contributed by atoms with Crippen molar-refractivity contribution < 1.29 is 108 Å². The number of rotatable bonds is 4. The van der Waals surface area contributed by atoms with E-state index in [0.29, 0.717) is 0 Å². The Morgan fingerprint density at radius 1 is 0.439 bits per heavy atom. The maximum atomic E-state index is 14.1. The Labute approximate surface area is 207 Å². The van der Waals surface area contributed by atoms with Gasteiger partial charge in [-0.2, -0.15) is 79.0 Å². The summed E-state index contributed by atoms with van der Waals surface area (Å²) in [5.41, 5.74) is 0. The highest BCUT2D eigenvalue weighted by Gasteiger charge is 2.89. The largest absolute Gasteiger partial charge is 0.394 e. The molecule has 232 valence electrons. The van der Waals surface area contributed by atoms with E-state index in [9.17, 15) is 108 Å². The average molecular weight is 646 g/mol. The molecule has 2 heterocycles. The molecular weight excluding hydrogens is 646 g/mol. The van der Waals surface area contributed by atoms with E-state index in [4.69, 9.17) is 0 Å². The number of alkyl halides is 18. The van der Waals surface area contributed by atoms with E-state index in [1.165, 1.54) is 0 Å². The van der Waals surface area contributed by atoms with Crippen LogP contribution in [0.15, 0.2) is 0 Å². The number of carbonyl (C=O) groups excluding carboxylic acids is 6. The van der Waals surface area contributed by atoms with Crippen LogP contribution in [0, 0.1) is 0 Å². The van der Waals surface area contributed by atoms with E-state index in [0.717, 1.165) is 0 Å². The van der Waals surface area contributed by atoms with E-state index >= 15 is 0 Å².